The first-order chi connectivity index (χ1) is 12.0. The standard InChI is InChI=1S/C18H17ClN2O3S/c19-12-5-1-3-10(7-12)16-20-14(9-25-16)17(22)21-8-11-4-2-6-13(11)15(21)18(23)24/h1,3,5,7,9,11,13,15H,2,4,6,8H2,(H,23,24). The average Bonchev–Trinajstić information content (AvgIpc) is 3.29. The molecule has 1 saturated carbocycles. The van der Waals surface area contributed by atoms with Crippen molar-refractivity contribution in [2.45, 2.75) is 25.3 Å². The number of aromatic nitrogens is 1. The van der Waals surface area contributed by atoms with Gasteiger partial charge in [-0.15, -0.1) is 11.3 Å². The van der Waals surface area contributed by atoms with E-state index in [2.05, 4.69) is 4.98 Å². The first kappa shape index (κ1) is 16.5. The number of amides is 1. The second kappa shape index (κ2) is 6.42. The van der Waals surface area contributed by atoms with E-state index in [0.29, 0.717) is 28.2 Å². The van der Waals surface area contributed by atoms with Gasteiger partial charge in [0.1, 0.15) is 16.7 Å². The van der Waals surface area contributed by atoms with Crippen molar-refractivity contribution in [3.8, 4) is 10.6 Å². The number of carboxylic acids is 1. The van der Waals surface area contributed by atoms with Crippen LogP contribution >= 0.6 is 22.9 Å². The van der Waals surface area contributed by atoms with Gasteiger partial charge in [0.25, 0.3) is 5.91 Å². The number of thiazole rings is 1. The van der Waals surface area contributed by atoms with E-state index in [1.54, 1.807) is 17.5 Å². The van der Waals surface area contributed by atoms with E-state index < -0.39 is 12.0 Å². The average molecular weight is 377 g/mol. The Morgan fingerprint density at radius 2 is 2.16 bits per heavy atom. The number of hydrogen-bond acceptors (Lipinski definition) is 4. The number of fused-ring (bicyclic) bond motifs is 1. The maximum absolute atomic E-state index is 12.9. The summed E-state index contributed by atoms with van der Waals surface area (Å²) in [6.45, 7) is 0.518. The zero-order chi connectivity index (χ0) is 17.6. The first-order valence-corrected chi connectivity index (χ1v) is 9.55. The van der Waals surface area contributed by atoms with Crippen molar-refractivity contribution in [2.75, 3.05) is 6.54 Å². The van der Waals surface area contributed by atoms with Gasteiger partial charge in [-0.1, -0.05) is 30.2 Å². The Hall–Kier alpha value is -1.92. The highest BCUT2D eigenvalue weighted by atomic mass is 35.5. The summed E-state index contributed by atoms with van der Waals surface area (Å²) in [5, 5.41) is 12.6. The highest BCUT2D eigenvalue weighted by molar-refractivity contribution is 7.13. The summed E-state index contributed by atoms with van der Waals surface area (Å²) in [5.41, 5.74) is 1.16. The molecular weight excluding hydrogens is 360 g/mol. The molecule has 5 nitrogen and oxygen atoms in total. The van der Waals surface area contributed by atoms with Crippen LogP contribution in [0.2, 0.25) is 5.02 Å². The van der Waals surface area contributed by atoms with Gasteiger partial charge in [-0.2, -0.15) is 0 Å². The molecule has 2 aliphatic rings. The maximum atomic E-state index is 12.9. The largest absolute Gasteiger partial charge is 0.480 e. The molecule has 1 aliphatic heterocycles. The van der Waals surface area contributed by atoms with Crippen LogP contribution in [0.25, 0.3) is 10.6 Å². The smallest absolute Gasteiger partial charge is 0.326 e. The lowest BCUT2D eigenvalue weighted by Crippen LogP contribution is -2.43. The number of benzene rings is 1. The molecule has 25 heavy (non-hydrogen) atoms. The minimum absolute atomic E-state index is 0.0764. The Balaban J connectivity index is 1.60. The van der Waals surface area contributed by atoms with Crippen LogP contribution < -0.4 is 0 Å². The highest BCUT2D eigenvalue weighted by Gasteiger charge is 2.49. The minimum atomic E-state index is -0.909. The first-order valence-electron chi connectivity index (χ1n) is 8.30. The van der Waals surface area contributed by atoms with E-state index in [9.17, 15) is 14.7 Å². The van der Waals surface area contributed by atoms with Crippen molar-refractivity contribution in [2.24, 2.45) is 11.8 Å². The normalized spacial score (nSPS) is 25.2. The minimum Gasteiger partial charge on any atom is -0.480 e. The molecule has 1 aromatic heterocycles. The van der Waals surface area contributed by atoms with E-state index >= 15 is 0 Å². The summed E-state index contributed by atoms with van der Waals surface area (Å²) in [7, 11) is 0. The van der Waals surface area contributed by atoms with Gasteiger partial charge in [-0.3, -0.25) is 4.79 Å². The Labute approximate surface area is 154 Å². The molecule has 1 N–H and O–H groups in total. The SMILES string of the molecule is O=C(O)C1C2CCCC2CN1C(=O)c1csc(-c2cccc(Cl)c2)n1. The van der Waals surface area contributed by atoms with Gasteiger partial charge in [0.15, 0.2) is 0 Å². The van der Waals surface area contributed by atoms with Crippen molar-refractivity contribution in [3.05, 3.63) is 40.4 Å². The van der Waals surface area contributed by atoms with Gasteiger partial charge in [0.05, 0.1) is 0 Å². The summed E-state index contributed by atoms with van der Waals surface area (Å²) in [6.07, 6.45) is 2.94. The predicted molar refractivity (Wildman–Crippen MR) is 95.9 cm³/mol. The summed E-state index contributed by atoms with van der Waals surface area (Å²) in [5.74, 6) is -0.817. The van der Waals surface area contributed by atoms with Gasteiger partial charge >= 0.3 is 5.97 Å². The van der Waals surface area contributed by atoms with Gasteiger partial charge < -0.3 is 10.0 Å². The third-order valence-corrected chi connectivity index (χ3v) is 6.33. The van der Waals surface area contributed by atoms with Crippen molar-refractivity contribution in [3.63, 3.8) is 0 Å². The number of likely N-dealkylation sites (tertiary alicyclic amines) is 1. The molecular formula is C18H17ClN2O3S. The van der Waals surface area contributed by atoms with Gasteiger partial charge in [0.2, 0.25) is 0 Å². The van der Waals surface area contributed by atoms with Crippen molar-refractivity contribution in [1.29, 1.82) is 0 Å². The third kappa shape index (κ3) is 2.93. The number of hydrogen-bond donors (Lipinski definition) is 1. The molecule has 0 radical (unpaired) electrons. The molecule has 2 fully saturated rings. The van der Waals surface area contributed by atoms with E-state index in [-0.39, 0.29) is 11.8 Å². The van der Waals surface area contributed by atoms with Crippen LogP contribution in [0.3, 0.4) is 0 Å². The predicted octanol–water partition coefficient (Wildman–Crippen LogP) is 3.79. The topological polar surface area (TPSA) is 70.5 Å². The fourth-order valence-corrected chi connectivity index (χ4v) is 5.09. The van der Waals surface area contributed by atoms with Crippen LogP contribution in [0, 0.1) is 11.8 Å². The van der Waals surface area contributed by atoms with Crippen LogP contribution in [-0.2, 0) is 4.79 Å². The molecule has 130 valence electrons. The number of carboxylic acid groups (broad SMARTS) is 1. The fourth-order valence-electron chi connectivity index (χ4n) is 4.10. The number of rotatable bonds is 3. The summed E-state index contributed by atoms with van der Waals surface area (Å²) < 4.78 is 0. The Bertz CT molecular complexity index is 837. The van der Waals surface area contributed by atoms with E-state index in [1.807, 2.05) is 12.1 Å². The van der Waals surface area contributed by atoms with Crippen LogP contribution in [0.4, 0.5) is 0 Å². The Kier molecular flexibility index (Phi) is 4.25. The van der Waals surface area contributed by atoms with Crippen LogP contribution in [-0.4, -0.2) is 39.5 Å². The molecule has 1 aliphatic carbocycles. The number of halogens is 1. The Morgan fingerprint density at radius 1 is 1.32 bits per heavy atom. The summed E-state index contributed by atoms with van der Waals surface area (Å²) >= 11 is 7.38. The summed E-state index contributed by atoms with van der Waals surface area (Å²) in [6, 6.07) is 6.58. The molecule has 1 aromatic carbocycles. The zero-order valence-corrected chi connectivity index (χ0v) is 15.0. The monoisotopic (exact) mass is 376 g/mol. The maximum Gasteiger partial charge on any atom is 0.326 e. The van der Waals surface area contributed by atoms with Crippen LogP contribution in [0.5, 0.6) is 0 Å². The molecule has 2 aromatic rings. The van der Waals surface area contributed by atoms with Crippen LogP contribution in [0.1, 0.15) is 29.8 Å². The molecule has 3 unspecified atom stereocenters. The van der Waals surface area contributed by atoms with Gasteiger partial charge in [-0.25, -0.2) is 9.78 Å². The van der Waals surface area contributed by atoms with E-state index in [0.717, 1.165) is 24.8 Å². The van der Waals surface area contributed by atoms with E-state index in [4.69, 9.17) is 11.6 Å². The molecule has 3 atom stereocenters. The molecule has 1 amide bonds. The van der Waals surface area contributed by atoms with Crippen molar-refractivity contribution >= 4 is 34.8 Å². The number of aliphatic carboxylic acids is 1. The molecule has 0 spiro atoms. The quantitative estimate of drug-likeness (QED) is 0.884. The van der Waals surface area contributed by atoms with E-state index in [1.165, 1.54) is 16.2 Å². The zero-order valence-electron chi connectivity index (χ0n) is 13.4. The lowest BCUT2D eigenvalue weighted by Gasteiger charge is -2.23. The highest BCUT2D eigenvalue weighted by Crippen LogP contribution is 2.42. The molecule has 2 heterocycles. The van der Waals surface area contributed by atoms with Gasteiger partial charge in [0, 0.05) is 22.5 Å². The van der Waals surface area contributed by atoms with Gasteiger partial charge in [-0.05, 0) is 36.8 Å². The third-order valence-electron chi connectivity index (χ3n) is 5.20. The fraction of sp³-hybridized carbons (Fsp3) is 0.389. The molecule has 1 saturated heterocycles. The second-order valence-corrected chi connectivity index (χ2v) is 7.94. The number of carbonyl (C=O) groups excluding carboxylic acids is 1. The summed E-state index contributed by atoms with van der Waals surface area (Å²) in [4.78, 5) is 30.6. The Morgan fingerprint density at radius 3 is 2.92 bits per heavy atom. The molecule has 0 bridgehead atoms. The number of nitrogens with zero attached hydrogens (tertiary/aromatic N) is 2. The van der Waals surface area contributed by atoms with Crippen LogP contribution in [0.15, 0.2) is 29.6 Å². The van der Waals surface area contributed by atoms with Crippen molar-refractivity contribution < 1.29 is 14.7 Å². The van der Waals surface area contributed by atoms with Crippen molar-refractivity contribution in [1.82, 2.24) is 9.88 Å². The molecule has 7 heteroatoms. The number of carbonyl (C=O) groups is 2. The lowest BCUT2D eigenvalue weighted by molar-refractivity contribution is -0.142. The second-order valence-electron chi connectivity index (χ2n) is 6.64. The lowest BCUT2D eigenvalue weighted by atomic mass is 9.94. The molecule has 4 rings (SSSR count).